The second-order valence-electron chi connectivity index (χ2n) is 6.28. The topological polar surface area (TPSA) is 81.7 Å². The van der Waals surface area contributed by atoms with Gasteiger partial charge >= 0.3 is 11.9 Å². The third-order valence-corrected chi connectivity index (χ3v) is 5.00. The molecule has 0 unspecified atom stereocenters. The van der Waals surface area contributed by atoms with Gasteiger partial charge in [-0.3, -0.25) is 9.59 Å². The zero-order valence-corrected chi connectivity index (χ0v) is 17.4. The van der Waals surface area contributed by atoms with Gasteiger partial charge in [0.05, 0.1) is 6.61 Å². The first-order valence-electron chi connectivity index (χ1n) is 9.20. The highest BCUT2D eigenvalue weighted by Gasteiger charge is 2.25. The van der Waals surface area contributed by atoms with E-state index in [1.54, 1.807) is 6.92 Å². The molecule has 0 atom stereocenters. The lowest BCUT2D eigenvalue weighted by Gasteiger charge is -2.09. The second kappa shape index (κ2) is 10.0. The van der Waals surface area contributed by atoms with Crippen LogP contribution in [0.15, 0.2) is 24.3 Å². The van der Waals surface area contributed by atoms with Crippen LogP contribution in [0.1, 0.15) is 47.5 Å². The number of anilines is 1. The summed E-state index contributed by atoms with van der Waals surface area (Å²) in [6.45, 7) is 7.30. The van der Waals surface area contributed by atoms with Crippen molar-refractivity contribution in [1.82, 2.24) is 0 Å². The fourth-order valence-electron chi connectivity index (χ4n) is 2.68. The van der Waals surface area contributed by atoms with Crippen molar-refractivity contribution in [2.45, 2.75) is 40.5 Å². The normalized spacial score (nSPS) is 10.4. The molecule has 0 radical (unpaired) electrons. The van der Waals surface area contributed by atoms with Gasteiger partial charge in [-0.1, -0.05) is 36.8 Å². The van der Waals surface area contributed by atoms with E-state index in [1.807, 2.05) is 45.0 Å². The molecule has 1 aromatic heterocycles. The van der Waals surface area contributed by atoms with Gasteiger partial charge in [0.15, 0.2) is 6.61 Å². The molecule has 0 aliphatic carbocycles. The average Bonchev–Trinajstić information content (AvgIpc) is 2.97. The van der Waals surface area contributed by atoms with E-state index in [2.05, 4.69) is 5.32 Å². The van der Waals surface area contributed by atoms with Gasteiger partial charge in [0, 0.05) is 16.9 Å². The number of hydrogen-bond acceptors (Lipinski definition) is 6. The second-order valence-corrected chi connectivity index (χ2v) is 7.51. The van der Waals surface area contributed by atoms with Crippen LogP contribution in [-0.4, -0.2) is 31.1 Å². The molecule has 0 aliphatic rings. The van der Waals surface area contributed by atoms with Crippen LogP contribution >= 0.6 is 11.3 Å². The van der Waals surface area contributed by atoms with Crippen LogP contribution in [-0.2, 0) is 19.1 Å². The van der Waals surface area contributed by atoms with Gasteiger partial charge in [0.25, 0.3) is 5.91 Å². The summed E-state index contributed by atoms with van der Waals surface area (Å²) < 4.78 is 10.1. The molecular formula is C21H25NO5S. The summed E-state index contributed by atoms with van der Waals surface area (Å²) in [7, 11) is 0. The molecule has 1 amide bonds. The van der Waals surface area contributed by atoms with Crippen molar-refractivity contribution in [3.63, 3.8) is 0 Å². The van der Waals surface area contributed by atoms with Crippen LogP contribution in [0, 0.1) is 13.8 Å². The Labute approximate surface area is 168 Å². The monoisotopic (exact) mass is 403 g/mol. The summed E-state index contributed by atoms with van der Waals surface area (Å²) in [6.07, 6.45) is 0.911. The van der Waals surface area contributed by atoms with Crippen LogP contribution in [0.3, 0.4) is 0 Å². The molecule has 150 valence electrons. The number of ether oxygens (including phenoxy) is 2. The summed E-state index contributed by atoms with van der Waals surface area (Å²) in [5.41, 5.74) is 3.04. The minimum Gasteiger partial charge on any atom is -0.462 e. The molecule has 1 heterocycles. The van der Waals surface area contributed by atoms with Crippen LogP contribution in [0.25, 0.3) is 11.1 Å². The van der Waals surface area contributed by atoms with Gasteiger partial charge in [-0.15, -0.1) is 11.3 Å². The predicted molar refractivity (Wildman–Crippen MR) is 110 cm³/mol. The van der Waals surface area contributed by atoms with Gasteiger partial charge in [-0.05, 0) is 32.8 Å². The number of rotatable bonds is 8. The lowest BCUT2D eigenvalue weighted by atomic mass is 10.0. The highest BCUT2D eigenvalue weighted by atomic mass is 32.1. The molecule has 0 bridgehead atoms. The fourth-order valence-corrected chi connectivity index (χ4v) is 3.76. The van der Waals surface area contributed by atoms with Crippen LogP contribution < -0.4 is 5.32 Å². The van der Waals surface area contributed by atoms with Crippen molar-refractivity contribution in [2.75, 3.05) is 18.5 Å². The van der Waals surface area contributed by atoms with Crippen LogP contribution in [0.5, 0.6) is 0 Å². The highest BCUT2D eigenvalue weighted by Crippen LogP contribution is 2.40. The molecule has 0 saturated carbocycles. The zero-order valence-electron chi connectivity index (χ0n) is 16.6. The average molecular weight is 404 g/mol. The Balaban J connectivity index is 2.32. The Morgan fingerprint density at radius 3 is 2.32 bits per heavy atom. The van der Waals surface area contributed by atoms with Crippen molar-refractivity contribution >= 4 is 34.2 Å². The smallest absolute Gasteiger partial charge is 0.341 e. The molecule has 7 heteroatoms. The van der Waals surface area contributed by atoms with E-state index in [4.69, 9.17) is 9.47 Å². The van der Waals surface area contributed by atoms with Crippen molar-refractivity contribution in [2.24, 2.45) is 0 Å². The van der Waals surface area contributed by atoms with E-state index in [0.29, 0.717) is 17.0 Å². The number of hydrogen-bond donors (Lipinski definition) is 1. The van der Waals surface area contributed by atoms with Crippen molar-refractivity contribution in [3.05, 3.63) is 40.3 Å². The summed E-state index contributed by atoms with van der Waals surface area (Å²) in [4.78, 5) is 37.2. The fraction of sp³-hybridized carbons (Fsp3) is 0.381. The lowest BCUT2D eigenvalue weighted by molar-refractivity contribution is -0.147. The Morgan fingerprint density at radius 2 is 1.71 bits per heavy atom. The van der Waals surface area contributed by atoms with Crippen molar-refractivity contribution in [1.29, 1.82) is 0 Å². The Bertz CT molecular complexity index is 854. The largest absolute Gasteiger partial charge is 0.462 e. The summed E-state index contributed by atoms with van der Waals surface area (Å²) in [5, 5.41) is 3.08. The molecule has 1 aromatic carbocycles. The number of thiophene rings is 1. The van der Waals surface area contributed by atoms with E-state index >= 15 is 0 Å². The maximum absolute atomic E-state index is 12.6. The third-order valence-electron chi connectivity index (χ3n) is 3.98. The van der Waals surface area contributed by atoms with E-state index in [-0.39, 0.29) is 13.0 Å². The first-order chi connectivity index (χ1) is 13.4. The molecule has 0 aliphatic heterocycles. The lowest BCUT2D eigenvalue weighted by Crippen LogP contribution is -2.21. The zero-order chi connectivity index (χ0) is 20.7. The molecule has 0 fully saturated rings. The van der Waals surface area contributed by atoms with Gasteiger partial charge in [-0.25, -0.2) is 4.79 Å². The van der Waals surface area contributed by atoms with E-state index in [9.17, 15) is 14.4 Å². The quantitative estimate of drug-likeness (QED) is 0.657. The molecule has 2 aromatic rings. The maximum Gasteiger partial charge on any atom is 0.341 e. The highest BCUT2D eigenvalue weighted by molar-refractivity contribution is 7.17. The van der Waals surface area contributed by atoms with Gasteiger partial charge in [0.1, 0.15) is 10.6 Å². The number of carbonyl (C=O) groups excluding carboxylic acids is 3. The predicted octanol–water partition coefficient (Wildman–Crippen LogP) is 4.49. The Kier molecular flexibility index (Phi) is 7.75. The third kappa shape index (κ3) is 5.42. The Morgan fingerprint density at radius 1 is 1.04 bits per heavy atom. The molecule has 2 rings (SSSR count). The summed E-state index contributed by atoms with van der Waals surface area (Å²) >= 11 is 1.29. The number of aryl methyl sites for hydroxylation is 2. The number of nitrogens with one attached hydrogen (secondary N) is 1. The van der Waals surface area contributed by atoms with Gasteiger partial charge in [0.2, 0.25) is 0 Å². The van der Waals surface area contributed by atoms with E-state index < -0.39 is 24.5 Å². The van der Waals surface area contributed by atoms with E-state index in [1.165, 1.54) is 11.3 Å². The van der Waals surface area contributed by atoms with E-state index in [0.717, 1.165) is 21.6 Å². The molecule has 28 heavy (non-hydrogen) atoms. The number of benzene rings is 1. The van der Waals surface area contributed by atoms with Crippen molar-refractivity contribution in [3.8, 4) is 11.1 Å². The first kappa shape index (κ1) is 21.6. The van der Waals surface area contributed by atoms with Crippen LogP contribution in [0.2, 0.25) is 0 Å². The molecule has 1 N–H and O–H groups in total. The minimum atomic E-state index is -0.499. The van der Waals surface area contributed by atoms with Crippen LogP contribution in [0.4, 0.5) is 5.00 Å². The first-order valence-corrected chi connectivity index (χ1v) is 10.0. The SMILES string of the molecule is CCCC(=O)OCC(=O)Nc1sc(C)c(-c2ccc(C)cc2)c1C(=O)OCC. The molecule has 0 saturated heterocycles. The molecular weight excluding hydrogens is 378 g/mol. The summed E-state index contributed by atoms with van der Waals surface area (Å²) in [6, 6.07) is 7.80. The molecule has 6 nitrogen and oxygen atoms in total. The maximum atomic E-state index is 12.6. The summed E-state index contributed by atoms with van der Waals surface area (Å²) in [5.74, 6) is -1.42. The van der Waals surface area contributed by atoms with Crippen molar-refractivity contribution < 1.29 is 23.9 Å². The van der Waals surface area contributed by atoms with Gasteiger partial charge < -0.3 is 14.8 Å². The Hall–Kier alpha value is -2.67. The number of amides is 1. The molecule has 0 spiro atoms. The number of carbonyl (C=O) groups is 3. The standard InChI is InChI=1S/C21H25NO5S/c1-5-7-17(24)27-12-16(23)22-20-19(21(25)26-6-2)18(14(4)28-20)15-10-8-13(3)9-11-15/h8-11H,5-7,12H2,1-4H3,(H,22,23). The van der Waals surface area contributed by atoms with Gasteiger partial charge in [-0.2, -0.15) is 0 Å². The minimum absolute atomic E-state index is 0.225. The number of esters is 2.